The Morgan fingerprint density at radius 2 is 2.22 bits per heavy atom. The summed E-state index contributed by atoms with van der Waals surface area (Å²) in [5.41, 5.74) is 9.88. The van der Waals surface area contributed by atoms with Gasteiger partial charge in [0.2, 0.25) is 5.91 Å². The molecule has 0 spiro atoms. The third-order valence-corrected chi connectivity index (χ3v) is 3.83. The van der Waals surface area contributed by atoms with E-state index in [1.165, 1.54) is 11.3 Å². The number of benzene rings is 1. The van der Waals surface area contributed by atoms with E-state index in [4.69, 9.17) is 5.73 Å². The lowest BCUT2D eigenvalue weighted by atomic mass is 9.99. The zero-order valence-electron chi connectivity index (χ0n) is 9.99. The number of thiazole rings is 1. The highest BCUT2D eigenvalue weighted by molar-refractivity contribution is 7.16. The average molecular weight is 259 g/mol. The first-order chi connectivity index (χ1) is 8.63. The van der Waals surface area contributed by atoms with Crippen molar-refractivity contribution in [1.29, 1.82) is 0 Å². The number of hydrogen-bond acceptors (Lipinski definition) is 4. The van der Waals surface area contributed by atoms with Gasteiger partial charge in [-0.05, 0) is 31.0 Å². The number of amides is 1. The second kappa shape index (κ2) is 4.10. The van der Waals surface area contributed by atoms with Crippen molar-refractivity contribution < 1.29 is 4.79 Å². The zero-order chi connectivity index (χ0) is 12.7. The molecule has 18 heavy (non-hydrogen) atoms. The minimum atomic E-state index is 0.0827. The molecule has 0 fully saturated rings. The van der Waals surface area contributed by atoms with Gasteiger partial charge in [-0.2, -0.15) is 0 Å². The van der Waals surface area contributed by atoms with Crippen LogP contribution in [0.2, 0.25) is 0 Å². The molecule has 1 amide bonds. The predicted octanol–water partition coefficient (Wildman–Crippen LogP) is 2.59. The van der Waals surface area contributed by atoms with Crippen molar-refractivity contribution in [3.05, 3.63) is 28.8 Å². The molecule has 0 unspecified atom stereocenters. The van der Waals surface area contributed by atoms with Gasteiger partial charge >= 0.3 is 0 Å². The summed E-state index contributed by atoms with van der Waals surface area (Å²) in [6, 6.07) is 5.95. The van der Waals surface area contributed by atoms with E-state index in [1.807, 2.05) is 19.1 Å². The first kappa shape index (κ1) is 11.2. The summed E-state index contributed by atoms with van der Waals surface area (Å²) in [7, 11) is 0. The predicted molar refractivity (Wildman–Crippen MR) is 73.7 cm³/mol. The molecule has 0 saturated carbocycles. The number of nitrogens with zero attached hydrogens (tertiary/aromatic N) is 1. The largest absolute Gasteiger partial charge is 0.389 e. The third-order valence-electron chi connectivity index (χ3n) is 3.03. The molecule has 3 rings (SSSR count). The standard InChI is InChI=1S/C13H13N3OS/c1-7-15-12(13(14)18-7)9-2-4-10-8(6-9)3-5-11(17)16-10/h2,4,6H,3,5,14H2,1H3,(H,16,17). The van der Waals surface area contributed by atoms with Crippen LogP contribution < -0.4 is 11.1 Å². The highest BCUT2D eigenvalue weighted by Crippen LogP contribution is 2.33. The number of anilines is 2. The molecule has 1 aliphatic heterocycles. The van der Waals surface area contributed by atoms with Crippen molar-refractivity contribution in [3.63, 3.8) is 0 Å². The summed E-state index contributed by atoms with van der Waals surface area (Å²) < 4.78 is 0. The zero-order valence-corrected chi connectivity index (χ0v) is 10.8. The smallest absolute Gasteiger partial charge is 0.224 e. The van der Waals surface area contributed by atoms with Crippen molar-refractivity contribution in [1.82, 2.24) is 4.98 Å². The molecular formula is C13H13N3OS. The minimum absolute atomic E-state index is 0.0827. The number of rotatable bonds is 1. The van der Waals surface area contributed by atoms with Crippen LogP contribution in [0.5, 0.6) is 0 Å². The van der Waals surface area contributed by atoms with Gasteiger partial charge in [0, 0.05) is 17.7 Å². The van der Waals surface area contributed by atoms with E-state index in [1.54, 1.807) is 0 Å². The number of nitrogens with two attached hydrogens (primary N) is 1. The molecule has 0 bridgehead atoms. The summed E-state index contributed by atoms with van der Waals surface area (Å²) in [6.07, 6.45) is 1.32. The second-order valence-corrected chi connectivity index (χ2v) is 5.60. The van der Waals surface area contributed by atoms with Crippen LogP contribution in [-0.2, 0) is 11.2 Å². The molecule has 0 atom stereocenters. The summed E-state index contributed by atoms with van der Waals surface area (Å²) in [5.74, 6) is 0.0827. The number of carbonyl (C=O) groups is 1. The van der Waals surface area contributed by atoms with E-state index in [-0.39, 0.29) is 5.91 Å². The van der Waals surface area contributed by atoms with Crippen LogP contribution in [0.25, 0.3) is 11.3 Å². The highest BCUT2D eigenvalue weighted by atomic mass is 32.1. The number of aromatic nitrogens is 1. The molecule has 2 aromatic rings. The molecule has 0 saturated heterocycles. The molecule has 4 nitrogen and oxygen atoms in total. The first-order valence-electron chi connectivity index (χ1n) is 5.79. The molecule has 3 N–H and O–H groups in total. The number of nitrogen functional groups attached to an aromatic ring is 1. The summed E-state index contributed by atoms with van der Waals surface area (Å²) in [4.78, 5) is 15.7. The van der Waals surface area contributed by atoms with Crippen molar-refractivity contribution >= 4 is 27.9 Å². The van der Waals surface area contributed by atoms with Gasteiger partial charge in [0.05, 0.1) is 5.01 Å². The van der Waals surface area contributed by atoms with E-state index in [0.29, 0.717) is 6.42 Å². The Morgan fingerprint density at radius 1 is 1.39 bits per heavy atom. The second-order valence-electron chi connectivity index (χ2n) is 4.37. The van der Waals surface area contributed by atoms with Crippen LogP contribution in [-0.4, -0.2) is 10.9 Å². The lowest BCUT2D eigenvalue weighted by Crippen LogP contribution is -2.18. The topological polar surface area (TPSA) is 68.0 Å². The quantitative estimate of drug-likeness (QED) is 0.827. The van der Waals surface area contributed by atoms with Crippen molar-refractivity contribution in [2.45, 2.75) is 19.8 Å². The van der Waals surface area contributed by atoms with Gasteiger partial charge in [-0.3, -0.25) is 4.79 Å². The Balaban J connectivity index is 2.05. The molecule has 1 aromatic heterocycles. The summed E-state index contributed by atoms with van der Waals surface area (Å²) in [6.45, 7) is 1.95. The fourth-order valence-electron chi connectivity index (χ4n) is 2.18. The van der Waals surface area contributed by atoms with Crippen LogP contribution >= 0.6 is 11.3 Å². The molecule has 0 radical (unpaired) electrons. The van der Waals surface area contributed by atoms with Gasteiger partial charge in [0.25, 0.3) is 0 Å². The fraction of sp³-hybridized carbons (Fsp3) is 0.231. The van der Waals surface area contributed by atoms with E-state index in [9.17, 15) is 4.79 Å². The molecule has 1 aliphatic rings. The number of carbonyl (C=O) groups excluding carboxylic acids is 1. The van der Waals surface area contributed by atoms with Crippen molar-refractivity contribution in [2.24, 2.45) is 0 Å². The maximum absolute atomic E-state index is 11.3. The summed E-state index contributed by atoms with van der Waals surface area (Å²) >= 11 is 1.50. The fourth-order valence-corrected chi connectivity index (χ4v) is 2.90. The van der Waals surface area contributed by atoms with E-state index in [2.05, 4.69) is 16.4 Å². The van der Waals surface area contributed by atoms with Crippen LogP contribution in [0.4, 0.5) is 10.7 Å². The van der Waals surface area contributed by atoms with Crippen LogP contribution in [0.3, 0.4) is 0 Å². The van der Waals surface area contributed by atoms with E-state index in [0.717, 1.165) is 38.9 Å². The average Bonchev–Trinajstić information content (AvgIpc) is 2.68. The Morgan fingerprint density at radius 3 is 2.94 bits per heavy atom. The van der Waals surface area contributed by atoms with Gasteiger partial charge in [-0.25, -0.2) is 4.98 Å². The summed E-state index contributed by atoms with van der Waals surface area (Å²) in [5, 5.41) is 4.58. The Hall–Kier alpha value is -1.88. The van der Waals surface area contributed by atoms with Crippen LogP contribution in [0.1, 0.15) is 17.0 Å². The number of nitrogens with one attached hydrogen (secondary N) is 1. The van der Waals surface area contributed by atoms with Gasteiger partial charge in [-0.15, -0.1) is 11.3 Å². The van der Waals surface area contributed by atoms with Crippen LogP contribution in [0.15, 0.2) is 18.2 Å². The maximum Gasteiger partial charge on any atom is 0.224 e. The Kier molecular flexibility index (Phi) is 2.56. The van der Waals surface area contributed by atoms with Gasteiger partial charge in [-0.1, -0.05) is 6.07 Å². The van der Waals surface area contributed by atoms with E-state index >= 15 is 0 Å². The molecule has 2 heterocycles. The normalized spacial score (nSPS) is 14.2. The number of fused-ring (bicyclic) bond motifs is 1. The van der Waals surface area contributed by atoms with Gasteiger partial charge in [0.15, 0.2) is 0 Å². The monoisotopic (exact) mass is 259 g/mol. The number of aryl methyl sites for hydroxylation is 2. The molecule has 92 valence electrons. The lowest BCUT2D eigenvalue weighted by molar-refractivity contribution is -0.116. The minimum Gasteiger partial charge on any atom is -0.389 e. The van der Waals surface area contributed by atoms with Crippen LogP contribution in [0, 0.1) is 6.92 Å². The van der Waals surface area contributed by atoms with Gasteiger partial charge < -0.3 is 11.1 Å². The number of hydrogen-bond donors (Lipinski definition) is 2. The third kappa shape index (κ3) is 1.86. The maximum atomic E-state index is 11.3. The lowest BCUT2D eigenvalue weighted by Gasteiger charge is -2.17. The highest BCUT2D eigenvalue weighted by Gasteiger charge is 2.16. The molecule has 1 aromatic carbocycles. The molecular weight excluding hydrogens is 246 g/mol. The Bertz CT molecular complexity index is 633. The van der Waals surface area contributed by atoms with Crippen molar-refractivity contribution in [2.75, 3.05) is 11.1 Å². The van der Waals surface area contributed by atoms with Crippen molar-refractivity contribution in [3.8, 4) is 11.3 Å². The first-order valence-corrected chi connectivity index (χ1v) is 6.61. The Labute approximate surface area is 109 Å². The van der Waals surface area contributed by atoms with Gasteiger partial charge in [0.1, 0.15) is 10.7 Å². The van der Waals surface area contributed by atoms with E-state index < -0.39 is 0 Å². The molecule has 0 aliphatic carbocycles. The SMILES string of the molecule is Cc1nc(-c2ccc3c(c2)CCC(=O)N3)c(N)s1. The molecule has 5 heteroatoms.